The molecule has 3 aromatic rings. The smallest absolute Gasteiger partial charge is 0.251 e. The predicted octanol–water partition coefficient (Wildman–Crippen LogP) is 2.48. The summed E-state index contributed by atoms with van der Waals surface area (Å²) < 4.78 is 2.16. The first-order valence-electron chi connectivity index (χ1n) is 8.66. The summed E-state index contributed by atoms with van der Waals surface area (Å²) in [6.07, 6.45) is 2.43. The Balaban J connectivity index is 1.46. The molecule has 0 atom stereocenters. The Labute approximate surface area is 151 Å². The quantitative estimate of drug-likeness (QED) is 0.742. The molecule has 0 spiro atoms. The highest BCUT2D eigenvalue weighted by Gasteiger charge is 2.28. The average Bonchev–Trinajstić information content (AvgIpc) is 3.44. The molecule has 1 heterocycles. The highest BCUT2D eigenvalue weighted by atomic mass is 16.2. The van der Waals surface area contributed by atoms with E-state index in [2.05, 4.69) is 23.0 Å². The van der Waals surface area contributed by atoms with Crippen LogP contribution in [0.3, 0.4) is 0 Å². The van der Waals surface area contributed by atoms with Crippen molar-refractivity contribution in [1.82, 2.24) is 14.9 Å². The van der Waals surface area contributed by atoms with E-state index in [1.54, 1.807) is 24.3 Å². The van der Waals surface area contributed by atoms with Crippen molar-refractivity contribution in [2.75, 3.05) is 0 Å². The largest absolute Gasteiger partial charge is 0.366 e. The van der Waals surface area contributed by atoms with Gasteiger partial charge in [-0.05, 0) is 54.8 Å². The fraction of sp³-hybridized carbons (Fsp3) is 0.250. The first kappa shape index (κ1) is 16.3. The van der Waals surface area contributed by atoms with Crippen LogP contribution in [0.4, 0.5) is 0 Å². The minimum absolute atomic E-state index is 0.194. The van der Waals surface area contributed by atoms with Gasteiger partial charge in [0.2, 0.25) is 5.91 Å². The molecular weight excluding hydrogens is 328 g/mol. The van der Waals surface area contributed by atoms with Crippen molar-refractivity contribution in [3.63, 3.8) is 0 Å². The van der Waals surface area contributed by atoms with Crippen LogP contribution in [-0.2, 0) is 13.6 Å². The van der Waals surface area contributed by atoms with Gasteiger partial charge in [0.25, 0.3) is 5.91 Å². The molecule has 1 aliphatic rings. The first-order chi connectivity index (χ1) is 12.5. The van der Waals surface area contributed by atoms with Gasteiger partial charge in [-0.15, -0.1) is 0 Å². The van der Waals surface area contributed by atoms with Crippen molar-refractivity contribution in [2.45, 2.75) is 25.3 Å². The molecule has 4 rings (SSSR count). The Kier molecular flexibility index (Phi) is 3.95. The molecule has 0 bridgehead atoms. The molecule has 0 unspecified atom stereocenters. The van der Waals surface area contributed by atoms with Crippen LogP contribution in [0, 0.1) is 0 Å². The maximum atomic E-state index is 12.3. The van der Waals surface area contributed by atoms with Gasteiger partial charge in [-0.3, -0.25) is 9.59 Å². The van der Waals surface area contributed by atoms with E-state index in [1.807, 2.05) is 12.1 Å². The second kappa shape index (κ2) is 6.29. The number of rotatable bonds is 5. The number of aryl methyl sites for hydroxylation is 1. The standard InChI is InChI=1S/C20H20N4O2/c1-24-17-9-2-12(10-16(17)23-19(24)14-5-6-14)11-22-20(26)15-7-3-13(4-8-15)18(21)25/h2-4,7-10,14H,5-6,11H2,1H3,(H2,21,25)(H,22,26). The molecule has 1 aromatic heterocycles. The maximum Gasteiger partial charge on any atom is 0.251 e. The van der Waals surface area contributed by atoms with Crippen LogP contribution in [0.15, 0.2) is 42.5 Å². The van der Waals surface area contributed by atoms with Crippen molar-refractivity contribution < 1.29 is 9.59 Å². The van der Waals surface area contributed by atoms with Gasteiger partial charge < -0.3 is 15.6 Å². The lowest BCUT2D eigenvalue weighted by atomic mass is 10.1. The van der Waals surface area contributed by atoms with Gasteiger partial charge in [0.1, 0.15) is 5.82 Å². The fourth-order valence-electron chi connectivity index (χ4n) is 3.15. The summed E-state index contributed by atoms with van der Waals surface area (Å²) in [5.74, 6) is 1.04. The minimum atomic E-state index is -0.508. The van der Waals surface area contributed by atoms with Gasteiger partial charge in [0.05, 0.1) is 11.0 Å². The van der Waals surface area contributed by atoms with Crippen molar-refractivity contribution in [1.29, 1.82) is 0 Å². The molecule has 132 valence electrons. The van der Waals surface area contributed by atoms with E-state index in [9.17, 15) is 9.59 Å². The number of hydrogen-bond acceptors (Lipinski definition) is 3. The summed E-state index contributed by atoms with van der Waals surface area (Å²) in [4.78, 5) is 28.1. The Hall–Kier alpha value is -3.15. The van der Waals surface area contributed by atoms with Crippen molar-refractivity contribution >= 4 is 22.8 Å². The number of hydrogen-bond donors (Lipinski definition) is 2. The molecule has 2 aromatic carbocycles. The molecule has 1 aliphatic carbocycles. The van der Waals surface area contributed by atoms with Crippen molar-refractivity contribution in [3.05, 3.63) is 65.0 Å². The fourth-order valence-corrected chi connectivity index (χ4v) is 3.15. The summed E-state index contributed by atoms with van der Waals surface area (Å²) in [5.41, 5.74) is 9.16. The van der Waals surface area contributed by atoms with E-state index in [0.29, 0.717) is 23.6 Å². The van der Waals surface area contributed by atoms with Crippen LogP contribution in [-0.4, -0.2) is 21.4 Å². The van der Waals surface area contributed by atoms with Crippen LogP contribution < -0.4 is 11.1 Å². The Morgan fingerprint density at radius 3 is 2.50 bits per heavy atom. The lowest BCUT2D eigenvalue weighted by Gasteiger charge is -2.06. The predicted molar refractivity (Wildman–Crippen MR) is 98.8 cm³/mol. The molecule has 0 radical (unpaired) electrons. The molecule has 1 saturated carbocycles. The molecule has 26 heavy (non-hydrogen) atoms. The van der Waals surface area contributed by atoms with E-state index >= 15 is 0 Å². The number of nitrogens with zero attached hydrogens (tertiary/aromatic N) is 2. The van der Waals surface area contributed by atoms with Crippen LogP contribution >= 0.6 is 0 Å². The number of benzene rings is 2. The highest BCUT2D eigenvalue weighted by molar-refractivity contribution is 5.97. The van der Waals surface area contributed by atoms with E-state index in [1.165, 1.54) is 12.8 Å². The van der Waals surface area contributed by atoms with Gasteiger partial charge in [-0.25, -0.2) is 4.98 Å². The van der Waals surface area contributed by atoms with Crippen LogP contribution in [0.2, 0.25) is 0 Å². The van der Waals surface area contributed by atoms with E-state index < -0.39 is 5.91 Å². The molecule has 3 N–H and O–H groups in total. The molecule has 2 amide bonds. The number of nitrogens with two attached hydrogens (primary N) is 1. The normalized spacial score (nSPS) is 13.7. The lowest BCUT2D eigenvalue weighted by molar-refractivity contribution is 0.0948. The Morgan fingerprint density at radius 1 is 1.15 bits per heavy atom. The monoisotopic (exact) mass is 348 g/mol. The summed E-state index contributed by atoms with van der Waals surface area (Å²) in [6, 6.07) is 12.4. The molecule has 6 heteroatoms. The third kappa shape index (κ3) is 3.06. The molecule has 0 saturated heterocycles. The van der Waals surface area contributed by atoms with E-state index in [4.69, 9.17) is 10.7 Å². The lowest BCUT2D eigenvalue weighted by Crippen LogP contribution is -2.23. The van der Waals surface area contributed by atoms with E-state index in [-0.39, 0.29) is 5.91 Å². The second-order valence-electron chi connectivity index (χ2n) is 6.75. The Morgan fingerprint density at radius 2 is 1.85 bits per heavy atom. The third-order valence-corrected chi connectivity index (χ3v) is 4.81. The SMILES string of the molecule is Cn1c(C2CC2)nc2cc(CNC(=O)c3ccc(C(N)=O)cc3)ccc21. The number of primary amides is 1. The second-order valence-corrected chi connectivity index (χ2v) is 6.75. The maximum absolute atomic E-state index is 12.3. The molecule has 1 fully saturated rings. The number of amides is 2. The summed E-state index contributed by atoms with van der Waals surface area (Å²) in [7, 11) is 2.06. The average molecular weight is 348 g/mol. The van der Waals surface area contributed by atoms with Crippen LogP contribution in [0.25, 0.3) is 11.0 Å². The van der Waals surface area contributed by atoms with Gasteiger partial charge in [0, 0.05) is 30.6 Å². The number of imidazole rings is 1. The van der Waals surface area contributed by atoms with Crippen LogP contribution in [0.1, 0.15) is 50.9 Å². The summed E-state index contributed by atoms with van der Waals surface area (Å²) in [6.45, 7) is 0.418. The molecular formula is C20H20N4O2. The van der Waals surface area contributed by atoms with Crippen LogP contribution in [0.5, 0.6) is 0 Å². The van der Waals surface area contributed by atoms with Gasteiger partial charge >= 0.3 is 0 Å². The highest BCUT2D eigenvalue weighted by Crippen LogP contribution is 2.40. The topological polar surface area (TPSA) is 90.0 Å². The molecule has 6 nitrogen and oxygen atoms in total. The number of fused-ring (bicyclic) bond motifs is 1. The van der Waals surface area contributed by atoms with Gasteiger partial charge in [-0.1, -0.05) is 6.07 Å². The number of carbonyl (C=O) groups is 2. The third-order valence-electron chi connectivity index (χ3n) is 4.81. The van der Waals surface area contributed by atoms with Gasteiger partial charge in [0.15, 0.2) is 0 Å². The number of carbonyl (C=O) groups excluding carboxylic acids is 2. The number of aromatic nitrogens is 2. The number of nitrogens with one attached hydrogen (secondary N) is 1. The first-order valence-corrected chi connectivity index (χ1v) is 8.66. The zero-order valence-corrected chi connectivity index (χ0v) is 14.5. The zero-order chi connectivity index (χ0) is 18.3. The van der Waals surface area contributed by atoms with Crippen molar-refractivity contribution in [2.24, 2.45) is 12.8 Å². The summed E-state index contributed by atoms with van der Waals surface area (Å²) in [5, 5.41) is 2.90. The van der Waals surface area contributed by atoms with Crippen molar-refractivity contribution in [3.8, 4) is 0 Å². The zero-order valence-electron chi connectivity index (χ0n) is 14.5. The van der Waals surface area contributed by atoms with E-state index in [0.717, 1.165) is 22.4 Å². The summed E-state index contributed by atoms with van der Waals surface area (Å²) >= 11 is 0. The molecule has 0 aliphatic heterocycles. The Bertz CT molecular complexity index is 1000. The minimum Gasteiger partial charge on any atom is -0.366 e. The van der Waals surface area contributed by atoms with Gasteiger partial charge in [-0.2, -0.15) is 0 Å².